The number of aromatic nitrogens is 2. The number of pyridine rings is 1. The van der Waals surface area contributed by atoms with E-state index >= 15 is 0 Å². The molecule has 2 aromatic heterocycles. The summed E-state index contributed by atoms with van der Waals surface area (Å²) < 4.78 is 2.10. The maximum absolute atomic E-state index is 4.48. The molecular weight excluding hydrogens is 246 g/mol. The molecule has 0 fully saturated rings. The van der Waals surface area contributed by atoms with E-state index in [1.54, 1.807) is 0 Å². The van der Waals surface area contributed by atoms with E-state index in [0.29, 0.717) is 0 Å². The molecule has 0 aliphatic rings. The fraction of sp³-hybridized carbons (Fsp3) is 0.235. The van der Waals surface area contributed by atoms with Crippen LogP contribution in [0.1, 0.15) is 22.4 Å². The molecule has 3 rings (SSSR count). The molecular formula is C17H19N3. The third-order valence-electron chi connectivity index (χ3n) is 3.82. The minimum Gasteiger partial charge on any atom is -0.378 e. The Hall–Kier alpha value is -2.29. The second kappa shape index (κ2) is 5.00. The molecule has 2 heterocycles. The lowest BCUT2D eigenvalue weighted by molar-refractivity contribution is 1.07. The molecule has 3 heteroatoms. The number of imidazole rings is 1. The highest BCUT2D eigenvalue weighted by Crippen LogP contribution is 2.20. The first-order valence-corrected chi connectivity index (χ1v) is 6.88. The summed E-state index contributed by atoms with van der Waals surface area (Å²) in [6.45, 7) is 7.20. The zero-order valence-electron chi connectivity index (χ0n) is 12.1. The molecule has 1 aromatic carbocycles. The van der Waals surface area contributed by atoms with Crippen LogP contribution >= 0.6 is 0 Å². The van der Waals surface area contributed by atoms with E-state index in [1.165, 1.54) is 16.7 Å². The second-order valence-corrected chi connectivity index (χ2v) is 5.24. The highest BCUT2D eigenvalue weighted by molar-refractivity contribution is 5.68. The van der Waals surface area contributed by atoms with Gasteiger partial charge in [0.25, 0.3) is 0 Å². The highest BCUT2D eigenvalue weighted by atomic mass is 15.0. The Kier molecular flexibility index (Phi) is 3.18. The van der Waals surface area contributed by atoms with Gasteiger partial charge < -0.3 is 9.72 Å². The topological polar surface area (TPSA) is 29.3 Å². The number of benzene rings is 1. The zero-order valence-corrected chi connectivity index (χ0v) is 12.1. The van der Waals surface area contributed by atoms with Crippen molar-refractivity contribution in [2.45, 2.75) is 27.3 Å². The lowest BCUT2D eigenvalue weighted by atomic mass is 10.0. The molecule has 0 radical (unpaired) electrons. The molecule has 3 nitrogen and oxygen atoms in total. The Balaban J connectivity index is 1.91. The van der Waals surface area contributed by atoms with E-state index in [2.05, 4.69) is 65.8 Å². The van der Waals surface area contributed by atoms with E-state index in [4.69, 9.17) is 0 Å². The van der Waals surface area contributed by atoms with Crippen molar-refractivity contribution in [3.05, 3.63) is 65.1 Å². The second-order valence-electron chi connectivity index (χ2n) is 5.24. The largest absolute Gasteiger partial charge is 0.378 e. The molecule has 0 spiro atoms. The fourth-order valence-corrected chi connectivity index (χ4v) is 2.58. The average molecular weight is 265 g/mol. The third-order valence-corrected chi connectivity index (χ3v) is 3.82. The first-order valence-electron chi connectivity index (χ1n) is 6.88. The van der Waals surface area contributed by atoms with Gasteiger partial charge in [-0.3, -0.25) is 0 Å². The van der Waals surface area contributed by atoms with Crippen molar-refractivity contribution in [2.75, 3.05) is 5.32 Å². The van der Waals surface area contributed by atoms with Gasteiger partial charge in [-0.15, -0.1) is 0 Å². The van der Waals surface area contributed by atoms with Crippen molar-refractivity contribution in [1.82, 2.24) is 9.38 Å². The number of fused-ring (bicyclic) bond motifs is 1. The van der Waals surface area contributed by atoms with Crippen molar-refractivity contribution < 1.29 is 0 Å². The van der Waals surface area contributed by atoms with Crippen molar-refractivity contribution >= 4 is 11.3 Å². The lowest BCUT2D eigenvalue weighted by Gasteiger charge is -2.12. The van der Waals surface area contributed by atoms with Crippen LogP contribution < -0.4 is 5.32 Å². The number of hydrogen-bond donors (Lipinski definition) is 1. The number of nitrogens with one attached hydrogen (secondary N) is 1. The van der Waals surface area contributed by atoms with Crippen molar-refractivity contribution in [3.8, 4) is 0 Å². The van der Waals surface area contributed by atoms with Gasteiger partial charge in [-0.05, 0) is 49.6 Å². The van der Waals surface area contributed by atoms with Crippen LogP contribution in [0.3, 0.4) is 0 Å². The highest BCUT2D eigenvalue weighted by Gasteiger charge is 2.06. The summed E-state index contributed by atoms with van der Waals surface area (Å²) in [6.07, 6.45) is 3.95. The van der Waals surface area contributed by atoms with Crippen LogP contribution in [0.5, 0.6) is 0 Å². The van der Waals surface area contributed by atoms with Crippen molar-refractivity contribution in [1.29, 1.82) is 0 Å². The van der Waals surface area contributed by atoms with Gasteiger partial charge in [0.2, 0.25) is 0 Å². The molecule has 1 N–H and O–H groups in total. The predicted octanol–water partition coefficient (Wildman–Crippen LogP) is 3.87. The number of aryl methyl sites for hydroxylation is 3. The van der Waals surface area contributed by atoms with E-state index in [1.807, 2.05) is 12.4 Å². The van der Waals surface area contributed by atoms with Crippen LogP contribution in [-0.2, 0) is 6.54 Å². The first-order chi connectivity index (χ1) is 9.66. The Morgan fingerprint density at radius 1 is 1.05 bits per heavy atom. The summed E-state index contributed by atoms with van der Waals surface area (Å²) in [7, 11) is 0. The van der Waals surface area contributed by atoms with Crippen LogP contribution in [0, 0.1) is 20.8 Å². The molecule has 0 saturated heterocycles. The Bertz CT molecular complexity index is 736. The van der Waals surface area contributed by atoms with Gasteiger partial charge in [0.1, 0.15) is 0 Å². The summed E-state index contributed by atoms with van der Waals surface area (Å²) in [5.74, 6) is 0. The van der Waals surface area contributed by atoms with Crippen molar-refractivity contribution in [3.63, 3.8) is 0 Å². The smallest absolute Gasteiger partial charge is 0.160 e. The van der Waals surface area contributed by atoms with E-state index in [0.717, 1.165) is 23.6 Å². The predicted molar refractivity (Wildman–Crippen MR) is 83.2 cm³/mol. The third kappa shape index (κ3) is 2.16. The molecule has 20 heavy (non-hydrogen) atoms. The molecule has 102 valence electrons. The van der Waals surface area contributed by atoms with Crippen molar-refractivity contribution in [2.24, 2.45) is 0 Å². The minimum atomic E-state index is 0.823. The number of rotatable bonds is 3. The summed E-state index contributed by atoms with van der Waals surface area (Å²) in [5, 5.41) is 3.52. The molecule has 0 aliphatic carbocycles. The van der Waals surface area contributed by atoms with Gasteiger partial charge >= 0.3 is 0 Å². The summed E-state index contributed by atoms with van der Waals surface area (Å²) in [6, 6.07) is 10.5. The van der Waals surface area contributed by atoms with Gasteiger partial charge in [0.05, 0.1) is 5.69 Å². The summed E-state index contributed by atoms with van der Waals surface area (Å²) in [4.78, 5) is 4.48. The SMILES string of the molecule is Cc1cccc(C)c1CNc1cccn2c(C)cnc12. The van der Waals surface area contributed by atoms with Crippen LogP contribution in [0.4, 0.5) is 5.69 Å². The van der Waals surface area contributed by atoms with Crippen LogP contribution in [-0.4, -0.2) is 9.38 Å². The van der Waals surface area contributed by atoms with Gasteiger partial charge in [0.15, 0.2) is 5.65 Å². The van der Waals surface area contributed by atoms with Gasteiger partial charge in [-0.2, -0.15) is 0 Å². The summed E-state index contributed by atoms with van der Waals surface area (Å²) >= 11 is 0. The van der Waals surface area contributed by atoms with E-state index in [-0.39, 0.29) is 0 Å². The minimum absolute atomic E-state index is 0.823. The van der Waals surface area contributed by atoms with Crippen LogP contribution in [0.2, 0.25) is 0 Å². The molecule has 3 aromatic rings. The number of hydrogen-bond acceptors (Lipinski definition) is 2. The quantitative estimate of drug-likeness (QED) is 0.779. The monoisotopic (exact) mass is 265 g/mol. The van der Waals surface area contributed by atoms with E-state index in [9.17, 15) is 0 Å². The average Bonchev–Trinajstić information content (AvgIpc) is 2.81. The Labute approximate surface area is 119 Å². The van der Waals surface area contributed by atoms with Crippen LogP contribution in [0.25, 0.3) is 5.65 Å². The standard InChI is InChI=1S/C17H19N3/c1-12-6-4-7-13(2)15(12)11-18-16-8-5-9-20-14(3)10-19-17(16)20/h4-10,18H,11H2,1-3H3. The lowest BCUT2D eigenvalue weighted by Crippen LogP contribution is -2.05. The van der Waals surface area contributed by atoms with Gasteiger partial charge in [0, 0.05) is 24.6 Å². The molecule has 0 unspecified atom stereocenters. The number of anilines is 1. The maximum Gasteiger partial charge on any atom is 0.160 e. The Morgan fingerprint density at radius 3 is 2.55 bits per heavy atom. The maximum atomic E-state index is 4.48. The van der Waals surface area contributed by atoms with Crippen LogP contribution in [0.15, 0.2) is 42.7 Å². The van der Waals surface area contributed by atoms with Gasteiger partial charge in [-0.25, -0.2) is 4.98 Å². The molecule has 0 bridgehead atoms. The Morgan fingerprint density at radius 2 is 1.80 bits per heavy atom. The first kappa shape index (κ1) is 12.7. The summed E-state index contributed by atoms with van der Waals surface area (Å²) in [5.41, 5.74) is 7.21. The molecule has 0 amide bonds. The van der Waals surface area contributed by atoms with E-state index < -0.39 is 0 Å². The molecule has 0 aliphatic heterocycles. The zero-order chi connectivity index (χ0) is 14.1. The molecule has 0 atom stereocenters. The molecule has 0 saturated carbocycles. The fourth-order valence-electron chi connectivity index (χ4n) is 2.58. The normalized spacial score (nSPS) is 10.9. The van der Waals surface area contributed by atoms with Gasteiger partial charge in [-0.1, -0.05) is 18.2 Å². The number of nitrogens with zero attached hydrogens (tertiary/aromatic N) is 2.